The Kier molecular flexibility index (Phi) is 6.49. The van der Waals surface area contributed by atoms with Crippen LogP contribution in [0.2, 0.25) is 5.02 Å². The average molecular weight is 397 g/mol. The van der Waals surface area contributed by atoms with Crippen molar-refractivity contribution in [3.05, 3.63) is 58.9 Å². The second kappa shape index (κ2) is 8.43. The van der Waals surface area contributed by atoms with Crippen LogP contribution >= 0.6 is 11.6 Å². The minimum absolute atomic E-state index is 0.382. The van der Waals surface area contributed by atoms with Gasteiger partial charge in [-0.25, -0.2) is 9.67 Å². The molecule has 0 fully saturated rings. The normalized spacial score (nSPS) is 14.0. The van der Waals surface area contributed by atoms with E-state index >= 15 is 0 Å². The maximum absolute atomic E-state index is 13.0. The lowest BCUT2D eigenvalue weighted by atomic mass is 10.1. The van der Waals surface area contributed by atoms with Crippen molar-refractivity contribution in [3.8, 4) is 11.4 Å². The molecule has 2 aromatic rings. The summed E-state index contributed by atoms with van der Waals surface area (Å²) in [7, 11) is 0. The molecule has 0 spiro atoms. The summed E-state index contributed by atoms with van der Waals surface area (Å²) >= 11 is 6.03. The fourth-order valence-electron chi connectivity index (χ4n) is 2.30. The van der Waals surface area contributed by atoms with E-state index in [4.69, 9.17) is 17.3 Å². The van der Waals surface area contributed by atoms with Gasteiger partial charge in [0.1, 0.15) is 6.33 Å². The molecule has 2 rings (SSSR count). The summed E-state index contributed by atoms with van der Waals surface area (Å²) in [5.41, 5.74) is 7.48. The fourth-order valence-corrected chi connectivity index (χ4v) is 2.48. The van der Waals surface area contributed by atoms with Gasteiger partial charge in [0.2, 0.25) is 0 Å². The number of hydrogen-bond acceptors (Lipinski definition) is 3. The zero-order valence-corrected chi connectivity index (χ0v) is 15.9. The first-order valence-corrected chi connectivity index (χ1v) is 8.64. The summed E-state index contributed by atoms with van der Waals surface area (Å²) in [4.78, 5) is 4.24. The van der Waals surface area contributed by atoms with Crippen LogP contribution in [0.3, 0.4) is 0 Å². The van der Waals surface area contributed by atoms with E-state index in [2.05, 4.69) is 10.1 Å². The van der Waals surface area contributed by atoms with Crippen molar-refractivity contribution in [1.29, 1.82) is 0 Å². The number of benzene rings is 1. The second-order valence-corrected chi connectivity index (χ2v) is 6.25. The van der Waals surface area contributed by atoms with E-state index in [1.165, 1.54) is 24.0 Å². The predicted molar refractivity (Wildman–Crippen MR) is 103 cm³/mol. The molecule has 0 radical (unpaired) electrons. The minimum atomic E-state index is -4.41. The van der Waals surface area contributed by atoms with Gasteiger partial charge in [-0.2, -0.15) is 13.2 Å². The number of nitrogen functional groups attached to an aromatic ring is 1. The van der Waals surface area contributed by atoms with Gasteiger partial charge < -0.3 is 5.73 Å². The average Bonchev–Trinajstić information content (AvgIpc) is 3.09. The minimum Gasteiger partial charge on any atom is -0.398 e. The van der Waals surface area contributed by atoms with Crippen molar-refractivity contribution in [1.82, 2.24) is 14.8 Å². The zero-order chi connectivity index (χ0) is 20.2. The number of halogens is 4. The number of aromatic nitrogens is 3. The van der Waals surface area contributed by atoms with Crippen LogP contribution in [0.25, 0.3) is 17.1 Å². The SMILES string of the molecule is C/C=C(\C=C/C(=C(C)CC)n1cnc(-c2ccc(N)c(Cl)c2)n1)C(F)(F)F. The van der Waals surface area contributed by atoms with Crippen LogP contribution in [0.4, 0.5) is 18.9 Å². The van der Waals surface area contributed by atoms with Crippen molar-refractivity contribution >= 4 is 23.0 Å². The fraction of sp³-hybridized carbons (Fsp3) is 0.263. The lowest BCUT2D eigenvalue weighted by Crippen LogP contribution is -2.10. The van der Waals surface area contributed by atoms with Crippen LogP contribution in [-0.4, -0.2) is 20.9 Å². The van der Waals surface area contributed by atoms with Crippen LogP contribution < -0.4 is 5.73 Å². The van der Waals surface area contributed by atoms with Gasteiger partial charge in [-0.1, -0.05) is 24.6 Å². The van der Waals surface area contributed by atoms with E-state index in [1.807, 2.05) is 13.8 Å². The molecule has 0 aliphatic heterocycles. The van der Waals surface area contributed by atoms with Crippen LogP contribution in [0.5, 0.6) is 0 Å². The largest absolute Gasteiger partial charge is 0.416 e. The van der Waals surface area contributed by atoms with Crippen LogP contribution in [0.15, 0.2) is 53.9 Å². The van der Waals surface area contributed by atoms with Crippen LogP contribution in [0, 0.1) is 0 Å². The molecule has 144 valence electrons. The summed E-state index contributed by atoms with van der Waals surface area (Å²) in [6, 6.07) is 5.02. The van der Waals surface area contributed by atoms with Crippen molar-refractivity contribution in [2.24, 2.45) is 0 Å². The first kappa shape index (κ1) is 20.8. The summed E-state index contributed by atoms with van der Waals surface area (Å²) in [5.74, 6) is 0.397. The van der Waals surface area contributed by atoms with E-state index in [-0.39, 0.29) is 0 Å². The Morgan fingerprint density at radius 3 is 2.56 bits per heavy atom. The molecule has 0 atom stereocenters. The van der Waals surface area contributed by atoms with Crippen molar-refractivity contribution in [2.75, 3.05) is 5.73 Å². The van der Waals surface area contributed by atoms with Crippen LogP contribution in [0.1, 0.15) is 27.2 Å². The predicted octanol–water partition coefficient (Wildman–Crippen LogP) is 5.89. The Bertz CT molecular complexity index is 908. The third kappa shape index (κ3) is 5.01. The molecule has 1 heterocycles. The number of alkyl halides is 3. The van der Waals surface area contributed by atoms with E-state index in [0.717, 1.165) is 17.7 Å². The maximum atomic E-state index is 13.0. The molecule has 0 aliphatic carbocycles. The van der Waals surface area contributed by atoms with Gasteiger partial charge in [-0.05, 0) is 56.2 Å². The lowest BCUT2D eigenvalue weighted by molar-refractivity contribution is -0.0883. The maximum Gasteiger partial charge on any atom is 0.416 e. The zero-order valence-electron chi connectivity index (χ0n) is 15.2. The highest BCUT2D eigenvalue weighted by atomic mass is 35.5. The molecule has 0 bridgehead atoms. The number of nitrogens with two attached hydrogens (primary N) is 1. The Labute approximate surface area is 160 Å². The van der Waals surface area contributed by atoms with Gasteiger partial charge in [-0.15, -0.1) is 5.10 Å². The number of anilines is 1. The number of rotatable bonds is 5. The molecule has 1 aromatic carbocycles. The van der Waals surface area contributed by atoms with Gasteiger partial charge in [0, 0.05) is 5.56 Å². The van der Waals surface area contributed by atoms with Crippen molar-refractivity contribution < 1.29 is 13.2 Å². The molecular formula is C19H20ClF3N4. The smallest absolute Gasteiger partial charge is 0.398 e. The van der Waals surface area contributed by atoms with Crippen LogP contribution in [-0.2, 0) is 0 Å². The molecule has 0 aliphatic rings. The first-order chi connectivity index (χ1) is 12.7. The number of hydrogen-bond donors (Lipinski definition) is 1. The van der Waals surface area contributed by atoms with Crippen molar-refractivity contribution in [2.45, 2.75) is 33.4 Å². The monoisotopic (exact) mass is 396 g/mol. The lowest BCUT2D eigenvalue weighted by Gasteiger charge is -2.09. The van der Waals surface area contributed by atoms with E-state index in [9.17, 15) is 13.2 Å². The molecule has 0 unspecified atom stereocenters. The van der Waals surface area contributed by atoms with E-state index < -0.39 is 11.7 Å². The molecule has 4 nitrogen and oxygen atoms in total. The third-order valence-electron chi connectivity index (χ3n) is 4.02. The molecule has 1 aromatic heterocycles. The molecule has 0 amide bonds. The Balaban J connectivity index is 2.42. The summed E-state index contributed by atoms with van der Waals surface area (Å²) in [6.07, 6.45) is 1.16. The second-order valence-electron chi connectivity index (χ2n) is 5.84. The first-order valence-electron chi connectivity index (χ1n) is 8.26. The summed E-state index contributed by atoms with van der Waals surface area (Å²) in [6.45, 7) is 5.10. The molecule has 0 saturated heterocycles. The molecule has 27 heavy (non-hydrogen) atoms. The number of nitrogens with zero attached hydrogens (tertiary/aromatic N) is 3. The highest BCUT2D eigenvalue weighted by molar-refractivity contribution is 6.33. The van der Waals surface area contributed by atoms with Gasteiger partial charge in [0.15, 0.2) is 5.82 Å². The van der Waals surface area contributed by atoms with Crippen molar-refractivity contribution in [3.63, 3.8) is 0 Å². The summed E-state index contributed by atoms with van der Waals surface area (Å²) < 4.78 is 40.3. The quantitative estimate of drug-likeness (QED) is 0.506. The van der Waals surface area contributed by atoms with E-state index in [1.54, 1.807) is 18.2 Å². The third-order valence-corrected chi connectivity index (χ3v) is 4.35. The number of allylic oxidation sites excluding steroid dienone is 6. The Morgan fingerprint density at radius 1 is 1.30 bits per heavy atom. The molecule has 0 saturated carbocycles. The van der Waals surface area contributed by atoms with E-state index in [0.29, 0.717) is 34.2 Å². The van der Waals surface area contributed by atoms with Gasteiger partial charge >= 0.3 is 6.18 Å². The molecule has 8 heteroatoms. The Morgan fingerprint density at radius 2 is 2.00 bits per heavy atom. The highest BCUT2D eigenvalue weighted by Crippen LogP contribution is 2.28. The van der Waals surface area contributed by atoms with Gasteiger partial charge in [0.25, 0.3) is 0 Å². The topological polar surface area (TPSA) is 56.7 Å². The Hall–Kier alpha value is -2.54. The molecular weight excluding hydrogens is 377 g/mol. The van der Waals surface area contributed by atoms with Gasteiger partial charge in [0.05, 0.1) is 22.0 Å². The highest BCUT2D eigenvalue weighted by Gasteiger charge is 2.30. The standard InChI is InChI=1S/C19H20ClF3N4/c1-4-12(3)17(9-7-14(5-2)19(21,22)23)27-11-25-18(26-27)13-6-8-16(24)15(20)10-13/h5-11H,4,24H2,1-3H3/b9-7-,14-5+,17-12?. The molecule has 2 N–H and O–H groups in total. The summed E-state index contributed by atoms with van der Waals surface area (Å²) in [5, 5.41) is 4.76. The van der Waals surface area contributed by atoms with Gasteiger partial charge in [-0.3, -0.25) is 0 Å².